The summed E-state index contributed by atoms with van der Waals surface area (Å²) in [5, 5.41) is 2.70. The number of ether oxygens (including phenoxy) is 1. The minimum atomic E-state index is -0.672. The number of aromatic nitrogens is 1. The van der Waals surface area contributed by atoms with Crippen LogP contribution in [-0.4, -0.2) is 18.0 Å². The Morgan fingerprint density at radius 1 is 1.37 bits per heavy atom. The lowest BCUT2D eigenvalue weighted by molar-refractivity contribution is 0.0950. The summed E-state index contributed by atoms with van der Waals surface area (Å²) >= 11 is 0. The van der Waals surface area contributed by atoms with E-state index in [4.69, 9.17) is 4.74 Å². The molecule has 0 aliphatic rings. The third kappa shape index (κ3) is 3.51. The lowest BCUT2D eigenvalue weighted by atomic mass is 10.2. The largest absolute Gasteiger partial charge is 0.497 e. The molecule has 5 heteroatoms. The smallest absolute Gasteiger partial charge is 0.251 e. The van der Waals surface area contributed by atoms with E-state index >= 15 is 0 Å². The van der Waals surface area contributed by atoms with Crippen molar-refractivity contribution in [1.29, 1.82) is 0 Å². The number of halogens is 1. The van der Waals surface area contributed by atoms with Crippen LogP contribution in [0.4, 0.5) is 4.39 Å². The highest BCUT2D eigenvalue weighted by atomic mass is 19.1. The van der Waals surface area contributed by atoms with Crippen LogP contribution in [0.25, 0.3) is 0 Å². The van der Waals surface area contributed by atoms with Crippen LogP contribution < -0.4 is 10.1 Å². The van der Waals surface area contributed by atoms with E-state index in [1.807, 2.05) is 24.3 Å². The monoisotopic (exact) mass is 260 g/mol. The van der Waals surface area contributed by atoms with Gasteiger partial charge in [0.2, 0.25) is 5.95 Å². The second-order valence-corrected chi connectivity index (χ2v) is 3.90. The summed E-state index contributed by atoms with van der Waals surface area (Å²) in [6, 6.07) is 9.92. The molecule has 0 radical (unpaired) electrons. The first-order chi connectivity index (χ1) is 9.19. The first kappa shape index (κ1) is 13.0. The fourth-order valence-corrected chi connectivity index (χ4v) is 1.61. The number of pyridine rings is 1. The molecular formula is C14H13FN2O2. The highest BCUT2D eigenvalue weighted by Crippen LogP contribution is 2.12. The molecule has 1 aromatic heterocycles. The van der Waals surface area contributed by atoms with Crippen molar-refractivity contribution in [3.8, 4) is 5.75 Å². The average Bonchev–Trinajstić information content (AvgIpc) is 2.45. The molecule has 2 aromatic rings. The Bertz CT molecular complexity index is 587. The van der Waals surface area contributed by atoms with Gasteiger partial charge in [0.05, 0.1) is 7.11 Å². The number of carbonyl (C=O) groups excluding carboxylic acids is 1. The molecule has 0 unspecified atom stereocenters. The molecule has 0 bridgehead atoms. The van der Waals surface area contributed by atoms with Crippen molar-refractivity contribution in [2.75, 3.05) is 7.11 Å². The highest BCUT2D eigenvalue weighted by Gasteiger charge is 2.06. The highest BCUT2D eigenvalue weighted by molar-refractivity contribution is 5.93. The number of nitrogens with zero attached hydrogens (tertiary/aromatic N) is 1. The lowest BCUT2D eigenvalue weighted by Crippen LogP contribution is -2.22. The van der Waals surface area contributed by atoms with E-state index in [-0.39, 0.29) is 11.5 Å². The molecular weight excluding hydrogens is 247 g/mol. The van der Waals surface area contributed by atoms with Gasteiger partial charge >= 0.3 is 0 Å². The summed E-state index contributed by atoms with van der Waals surface area (Å²) < 4.78 is 18.0. The first-order valence-corrected chi connectivity index (χ1v) is 5.72. The van der Waals surface area contributed by atoms with E-state index in [2.05, 4.69) is 10.3 Å². The Hall–Kier alpha value is -2.43. The Morgan fingerprint density at radius 2 is 2.21 bits per heavy atom. The maximum Gasteiger partial charge on any atom is 0.251 e. The van der Waals surface area contributed by atoms with E-state index < -0.39 is 5.95 Å². The molecule has 0 atom stereocenters. The minimum absolute atomic E-state index is 0.246. The Morgan fingerprint density at radius 3 is 2.95 bits per heavy atom. The number of amides is 1. The van der Waals surface area contributed by atoms with Gasteiger partial charge in [-0.05, 0) is 23.8 Å². The molecule has 1 N–H and O–H groups in total. The Kier molecular flexibility index (Phi) is 4.07. The van der Waals surface area contributed by atoms with Crippen LogP contribution >= 0.6 is 0 Å². The van der Waals surface area contributed by atoms with Crippen molar-refractivity contribution in [2.24, 2.45) is 0 Å². The summed E-state index contributed by atoms with van der Waals surface area (Å²) in [7, 11) is 1.58. The second-order valence-electron chi connectivity index (χ2n) is 3.90. The van der Waals surface area contributed by atoms with Crippen LogP contribution in [0, 0.1) is 5.95 Å². The van der Waals surface area contributed by atoms with Gasteiger partial charge < -0.3 is 10.1 Å². The normalized spacial score (nSPS) is 10.0. The van der Waals surface area contributed by atoms with E-state index in [0.717, 1.165) is 17.4 Å². The molecule has 0 saturated carbocycles. The zero-order valence-corrected chi connectivity index (χ0v) is 10.4. The van der Waals surface area contributed by atoms with Crippen LogP contribution in [0.1, 0.15) is 15.9 Å². The second kappa shape index (κ2) is 5.95. The molecule has 0 saturated heterocycles. The van der Waals surface area contributed by atoms with Crippen molar-refractivity contribution < 1.29 is 13.9 Å². The van der Waals surface area contributed by atoms with Gasteiger partial charge in [-0.15, -0.1) is 0 Å². The molecule has 1 amide bonds. The van der Waals surface area contributed by atoms with Gasteiger partial charge in [0.25, 0.3) is 5.91 Å². The Labute approximate surface area is 110 Å². The summed E-state index contributed by atoms with van der Waals surface area (Å²) in [5.74, 6) is -0.292. The fourth-order valence-electron chi connectivity index (χ4n) is 1.61. The van der Waals surface area contributed by atoms with Gasteiger partial charge in [-0.2, -0.15) is 4.39 Å². The quantitative estimate of drug-likeness (QED) is 0.857. The molecule has 1 heterocycles. The predicted octanol–water partition coefficient (Wildman–Crippen LogP) is 2.16. The Balaban J connectivity index is 2.00. The molecule has 1 aromatic carbocycles. The number of methoxy groups -OCH3 is 1. The molecule has 0 fully saturated rings. The van der Waals surface area contributed by atoms with Gasteiger partial charge in [0.15, 0.2) is 0 Å². The van der Waals surface area contributed by atoms with Crippen molar-refractivity contribution in [3.05, 3.63) is 59.7 Å². The van der Waals surface area contributed by atoms with Crippen LogP contribution in [0.3, 0.4) is 0 Å². The SMILES string of the molecule is COc1cccc(CNC(=O)c2ccnc(F)c2)c1. The van der Waals surface area contributed by atoms with Crippen molar-refractivity contribution in [2.45, 2.75) is 6.54 Å². The summed E-state index contributed by atoms with van der Waals surface area (Å²) in [6.45, 7) is 0.347. The number of rotatable bonds is 4. The van der Waals surface area contributed by atoms with Gasteiger partial charge in [-0.1, -0.05) is 12.1 Å². The van der Waals surface area contributed by atoms with Crippen LogP contribution in [-0.2, 0) is 6.54 Å². The third-order valence-corrected chi connectivity index (χ3v) is 2.58. The number of carbonyl (C=O) groups is 1. The number of hydrogen-bond donors (Lipinski definition) is 1. The van der Waals surface area contributed by atoms with Crippen molar-refractivity contribution in [1.82, 2.24) is 10.3 Å². The molecule has 19 heavy (non-hydrogen) atoms. The van der Waals surface area contributed by atoms with Gasteiger partial charge in [0, 0.05) is 24.4 Å². The van der Waals surface area contributed by atoms with Crippen LogP contribution in [0.15, 0.2) is 42.6 Å². The van der Waals surface area contributed by atoms with Gasteiger partial charge in [0.1, 0.15) is 5.75 Å². The zero-order chi connectivity index (χ0) is 13.7. The molecule has 0 spiro atoms. The van der Waals surface area contributed by atoms with Crippen LogP contribution in [0.2, 0.25) is 0 Å². The average molecular weight is 260 g/mol. The molecule has 4 nitrogen and oxygen atoms in total. The number of nitrogens with one attached hydrogen (secondary N) is 1. The fraction of sp³-hybridized carbons (Fsp3) is 0.143. The van der Waals surface area contributed by atoms with E-state index in [1.54, 1.807) is 7.11 Å². The lowest BCUT2D eigenvalue weighted by Gasteiger charge is -2.07. The number of hydrogen-bond acceptors (Lipinski definition) is 3. The minimum Gasteiger partial charge on any atom is -0.497 e. The summed E-state index contributed by atoms with van der Waals surface area (Å²) in [5.41, 5.74) is 1.15. The summed E-state index contributed by atoms with van der Waals surface area (Å²) in [4.78, 5) is 15.2. The third-order valence-electron chi connectivity index (χ3n) is 2.58. The van der Waals surface area contributed by atoms with Crippen LogP contribution in [0.5, 0.6) is 5.75 Å². The predicted molar refractivity (Wildman–Crippen MR) is 68.4 cm³/mol. The first-order valence-electron chi connectivity index (χ1n) is 5.72. The van der Waals surface area contributed by atoms with Gasteiger partial charge in [-0.25, -0.2) is 4.98 Å². The topological polar surface area (TPSA) is 51.2 Å². The van der Waals surface area contributed by atoms with E-state index in [0.29, 0.717) is 6.54 Å². The zero-order valence-electron chi connectivity index (χ0n) is 10.4. The van der Waals surface area contributed by atoms with E-state index in [9.17, 15) is 9.18 Å². The molecule has 0 aliphatic heterocycles. The standard InChI is InChI=1S/C14H13FN2O2/c1-19-12-4-2-3-10(7-12)9-17-14(18)11-5-6-16-13(15)8-11/h2-8H,9H2,1H3,(H,17,18). The van der Waals surface area contributed by atoms with Crippen molar-refractivity contribution >= 4 is 5.91 Å². The molecule has 2 rings (SSSR count). The van der Waals surface area contributed by atoms with E-state index in [1.165, 1.54) is 12.3 Å². The number of benzene rings is 1. The molecule has 98 valence electrons. The summed E-state index contributed by atoms with van der Waals surface area (Å²) in [6.07, 6.45) is 1.26. The van der Waals surface area contributed by atoms with Gasteiger partial charge in [-0.3, -0.25) is 4.79 Å². The maximum absolute atomic E-state index is 12.9. The maximum atomic E-state index is 12.9. The molecule has 0 aliphatic carbocycles. The van der Waals surface area contributed by atoms with Crippen molar-refractivity contribution in [3.63, 3.8) is 0 Å².